The molecule has 5 nitrogen and oxygen atoms in total. The van der Waals surface area contributed by atoms with Crippen LogP contribution in [0.15, 0.2) is 18.2 Å². The Morgan fingerprint density at radius 1 is 1.32 bits per heavy atom. The second-order valence-corrected chi connectivity index (χ2v) is 7.59. The molecule has 25 heavy (non-hydrogen) atoms. The average Bonchev–Trinajstić information content (AvgIpc) is 2.54. The highest BCUT2D eigenvalue weighted by atomic mass is 35.5. The van der Waals surface area contributed by atoms with Gasteiger partial charge in [0, 0.05) is 17.5 Å². The van der Waals surface area contributed by atoms with Gasteiger partial charge in [0.05, 0.1) is 11.3 Å². The molecule has 1 aromatic rings. The lowest BCUT2D eigenvalue weighted by Gasteiger charge is -2.28. The summed E-state index contributed by atoms with van der Waals surface area (Å²) in [4.78, 5) is 24.8. The minimum atomic E-state index is -0.216. The van der Waals surface area contributed by atoms with Crippen LogP contribution >= 0.6 is 11.6 Å². The number of hydrogen-bond acceptors (Lipinski definition) is 3. The van der Waals surface area contributed by atoms with Crippen LogP contribution in [0.2, 0.25) is 5.02 Å². The van der Waals surface area contributed by atoms with E-state index in [2.05, 4.69) is 22.9 Å². The summed E-state index contributed by atoms with van der Waals surface area (Å²) in [6.07, 6.45) is 2.75. The SMILES string of the molecule is CC(C)NC(=O)c1ccc(Cl)cc1NC(=O)CC(C)C1CCCNC1. The Morgan fingerprint density at radius 2 is 2.08 bits per heavy atom. The molecule has 1 aromatic carbocycles. The second-order valence-electron chi connectivity index (χ2n) is 7.15. The van der Waals surface area contributed by atoms with Crippen LogP contribution in [0, 0.1) is 11.8 Å². The Balaban J connectivity index is 2.03. The third-order valence-electron chi connectivity index (χ3n) is 4.57. The van der Waals surface area contributed by atoms with Gasteiger partial charge in [-0.05, 0) is 69.8 Å². The van der Waals surface area contributed by atoms with Crippen molar-refractivity contribution in [3.05, 3.63) is 28.8 Å². The molecule has 138 valence electrons. The summed E-state index contributed by atoms with van der Waals surface area (Å²) in [6.45, 7) is 7.93. The van der Waals surface area contributed by atoms with Gasteiger partial charge in [-0.3, -0.25) is 9.59 Å². The molecule has 6 heteroatoms. The maximum Gasteiger partial charge on any atom is 0.253 e. The minimum Gasteiger partial charge on any atom is -0.350 e. The number of anilines is 1. The number of amides is 2. The molecule has 0 aliphatic carbocycles. The lowest BCUT2D eigenvalue weighted by Crippen LogP contribution is -2.34. The van der Waals surface area contributed by atoms with Crippen LogP contribution in [0.3, 0.4) is 0 Å². The van der Waals surface area contributed by atoms with E-state index in [1.54, 1.807) is 18.2 Å². The van der Waals surface area contributed by atoms with E-state index in [-0.39, 0.29) is 17.9 Å². The molecule has 3 N–H and O–H groups in total. The van der Waals surface area contributed by atoms with Crippen molar-refractivity contribution in [2.75, 3.05) is 18.4 Å². The molecule has 2 unspecified atom stereocenters. The minimum absolute atomic E-state index is 0.0190. The predicted molar refractivity (Wildman–Crippen MR) is 102 cm³/mol. The highest BCUT2D eigenvalue weighted by Crippen LogP contribution is 2.25. The van der Waals surface area contributed by atoms with Crippen LogP contribution in [0.1, 0.15) is 50.4 Å². The normalized spacial score (nSPS) is 18.7. The van der Waals surface area contributed by atoms with Crippen LogP contribution in [-0.4, -0.2) is 30.9 Å². The van der Waals surface area contributed by atoms with E-state index in [4.69, 9.17) is 11.6 Å². The highest BCUT2D eigenvalue weighted by molar-refractivity contribution is 6.31. The second kappa shape index (κ2) is 9.20. The fraction of sp³-hybridized carbons (Fsp3) is 0.579. The van der Waals surface area contributed by atoms with Gasteiger partial charge < -0.3 is 16.0 Å². The number of benzene rings is 1. The van der Waals surface area contributed by atoms with Crippen molar-refractivity contribution in [3.63, 3.8) is 0 Å². The summed E-state index contributed by atoms with van der Waals surface area (Å²) in [5, 5.41) is 9.59. The van der Waals surface area contributed by atoms with Gasteiger partial charge in [0.15, 0.2) is 0 Å². The lowest BCUT2D eigenvalue weighted by atomic mass is 9.85. The van der Waals surface area contributed by atoms with Crippen LogP contribution < -0.4 is 16.0 Å². The molecule has 0 aromatic heterocycles. The maximum atomic E-state index is 12.5. The van der Waals surface area contributed by atoms with Gasteiger partial charge in [0.2, 0.25) is 5.91 Å². The fourth-order valence-electron chi connectivity index (χ4n) is 3.18. The summed E-state index contributed by atoms with van der Waals surface area (Å²) < 4.78 is 0. The topological polar surface area (TPSA) is 70.2 Å². The van der Waals surface area contributed by atoms with Gasteiger partial charge in [0.1, 0.15) is 0 Å². The molecule has 1 aliphatic heterocycles. The van der Waals surface area contributed by atoms with Crippen LogP contribution in [0.25, 0.3) is 0 Å². The Morgan fingerprint density at radius 3 is 2.72 bits per heavy atom. The van der Waals surface area contributed by atoms with Crippen molar-refractivity contribution >= 4 is 29.1 Å². The zero-order chi connectivity index (χ0) is 18.4. The van der Waals surface area contributed by atoms with E-state index in [0.29, 0.717) is 34.5 Å². The molecule has 0 saturated carbocycles. The van der Waals surface area contributed by atoms with Gasteiger partial charge in [-0.1, -0.05) is 18.5 Å². The monoisotopic (exact) mass is 365 g/mol. The summed E-state index contributed by atoms with van der Waals surface area (Å²) in [5.41, 5.74) is 0.892. The van der Waals surface area contributed by atoms with E-state index >= 15 is 0 Å². The van der Waals surface area contributed by atoms with Gasteiger partial charge in [-0.25, -0.2) is 0 Å². The number of carbonyl (C=O) groups is 2. The molecule has 0 spiro atoms. The van der Waals surface area contributed by atoms with Crippen molar-refractivity contribution in [1.29, 1.82) is 0 Å². The summed E-state index contributed by atoms with van der Waals surface area (Å²) in [6, 6.07) is 4.94. The van der Waals surface area contributed by atoms with Crippen LogP contribution in [0.4, 0.5) is 5.69 Å². The lowest BCUT2D eigenvalue weighted by molar-refractivity contribution is -0.117. The van der Waals surface area contributed by atoms with E-state index in [1.807, 2.05) is 13.8 Å². The van der Waals surface area contributed by atoms with E-state index < -0.39 is 0 Å². The Labute approximate surface area is 154 Å². The first-order valence-corrected chi connectivity index (χ1v) is 9.35. The van der Waals surface area contributed by atoms with Crippen LogP contribution in [-0.2, 0) is 4.79 Å². The smallest absolute Gasteiger partial charge is 0.253 e. The highest BCUT2D eigenvalue weighted by Gasteiger charge is 2.23. The van der Waals surface area contributed by atoms with Gasteiger partial charge in [-0.2, -0.15) is 0 Å². The van der Waals surface area contributed by atoms with Crippen molar-refractivity contribution in [2.24, 2.45) is 11.8 Å². The zero-order valence-electron chi connectivity index (χ0n) is 15.2. The van der Waals surface area contributed by atoms with E-state index in [0.717, 1.165) is 25.9 Å². The summed E-state index contributed by atoms with van der Waals surface area (Å²) >= 11 is 6.05. The molecule has 0 bridgehead atoms. The third kappa shape index (κ3) is 6.01. The molecule has 2 rings (SSSR count). The van der Waals surface area contributed by atoms with E-state index in [1.165, 1.54) is 0 Å². The quantitative estimate of drug-likeness (QED) is 0.723. The van der Waals surface area contributed by atoms with E-state index in [9.17, 15) is 9.59 Å². The Kier molecular flexibility index (Phi) is 7.26. The first-order valence-electron chi connectivity index (χ1n) is 8.97. The number of carbonyl (C=O) groups excluding carboxylic acids is 2. The number of hydrogen-bond donors (Lipinski definition) is 3. The molecule has 1 saturated heterocycles. The predicted octanol–water partition coefficient (Wildman–Crippen LogP) is 3.44. The number of piperidine rings is 1. The van der Waals surface area contributed by atoms with Gasteiger partial charge >= 0.3 is 0 Å². The standard InChI is InChI=1S/C19H28ClN3O2/c1-12(2)22-19(25)16-7-6-15(20)10-17(16)23-18(24)9-13(3)14-5-4-8-21-11-14/h6-7,10,12-14,21H,4-5,8-9,11H2,1-3H3,(H,22,25)(H,23,24). The van der Waals surface area contributed by atoms with Gasteiger partial charge in [0.25, 0.3) is 5.91 Å². The largest absolute Gasteiger partial charge is 0.350 e. The summed E-state index contributed by atoms with van der Waals surface area (Å²) in [7, 11) is 0. The molecular formula is C19H28ClN3O2. The molecule has 2 amide bonds. The molecule has 0 radical (unpaired) electrons. The van der Waals surface area contributed by atoms with Gasteiger partial charge in [-0.15, -0.1) is 0 Å². The molecule has 1 aliphatic rings. The van der Waals surface area contributed by atoms with Crippen molar-refractivity contribution < 1.29 is 9.59 Å². The molecular weight excluding hydrogens is 338 g/mol. The number of rotatable bonds is 6. The number of nitrogens with one attached hydrogen (secondary N) is 3. The first-order chi connectivity index (χ1) is 11.9. The average molecular weight is 366 g/mol. The number of halogens is 1. The van der Waals surface area contributed by atoms with Crippen molar-refractivity contribution in [2.45, 2.75) is 46.1 Å². The zero-order valence-corrected chi connectivity index (χ0v) is 16.0. The first kappa shape index (κ1) is 19.7. The van der Waals surface area contributed by atoms with Crippen molar-refractivity contribution in [1.82, 2.24) is 10.6 Å². The molecule has 1 heterocycles. The molecule has 1 fully saturated rings. The van der Waals surface area contributed by atoms with Crippen LogP contribution in [0.5, 0.6) is 0 Å². The molecule has 2 atom stereocenters. The maximum absolute atomic E-state index is 12.5. The fourth-order valence-corrected chi connectivity index (χ4v) is 3.35. The Bertz CT molecular complexity index is 613. The Hall–Kier alpha value is -1.59. The third-order valence-corrected chi connectivity index (χ3v) is 4.80. The van der Waals surface area contributed by atoms with Crippen molar-refractivity contribution in [3.8, 4) is 0 Å². The summed E-state index contributed by atoms with van der Waals surface area (Å²) in [5.74, 6) is 0.507.